The van der Waals surface area contributed by atoms with E-state index in [-0.39, 0.29) is 30.5 Å². The number of nitrogens with zero attached hydrogens (tertiary/aromatic N) is 2. The van der Waals surface area contributed by atoms with Crippen molar-refractivity contribution in [1.29, 1.82) is 0 Å². The molecule has 1 heterocycles. The number of fused-ring (bicyclic) bond motifs is 2. The van der Waals surface area contributed by atoms with Gasteiger partial charge in [-0.15, -0.1) is 0 Å². The van der Waals surface area contributed by atoms with Gasteiger partial charge in [0.25, 0.3) is 0 Å². The van der Waals surface area contributed by atoms with Crippen LogP contribution in [-0.4, -0.2) is 32.9 Å². The Morgan fingerprint density at radius 3 is 2.86 bits per heavy atom. The van der Waals surface area contributed by atoms with Gasteiger partial charge in [-0.1, -0.05) is 48.2 Å². The molecule has 1 aliphatic rings. The number of carbonyl (C=O) groups excluding carboxylic acids is 1. The summed E-state index contributed by atoms with van der Waals surface area (Å²) < 4.78 is 1.56. The monoisotopic (exact) mass is 395 g/mol. The van der Waals surface area contributed by atoms with Crippen LogP contribution in [0.1, 0.15) is 17.7 Å². The van der Waals surface area contributed by atoms with Gasteiger partial charge < -0.3 is 10.4 Å². The minimum atomic E-state index is -0.355. The van der Waals surface area contributed by atoms with Crippen LogP contribution in [0, 0.1) is 0 Å². The predicted octanol–water partition coefficient (Wildman–Crippen LogP) is 2.61. The number of aliphatic hydroxyl groups is 1. The molecule has 144 valence electrons. The second-order valence-corrected chi connectivity index (χ2v) is 7.68. The van der Waals surface area contributed by atoms with E-state index in [0.29, 0.717) is 5.03 Å². The number of hydrogen-bond donors (Lipinski definition) is 2. The summed E-state index contributed by atoms with van der Waals surface area (Å²) >= 11 is 1.30. The first-order chi connectivity index (χ1) is 13.7. The molecule has 2 N–H and O–H groups in total. The first-order valence-electron chi connectivity index (χ1n) is 9.31. The van der Waals surface area contributed by atoms with Crippen molar-refractivity contribution >= 4 is 34.1 Å². The van der Waals surface area contributed by atoms with E-state index in [1.54, 1.807) is 4.57 Å². The summed E-state index contributed by atoms with van der Waals surface area (Å²) in [5.74, 6) is 0.0565. The summed E-state index contributed by atoms with van der Waals surface area (Å²) in [4.78, 5) is 29.0. The average molecular weight is 395 g/mol. The van der Waals surface area contributed by atoms with Crippen molar-refractivity contribution < 1.29 is 9.90 Å². The highest BCUT2D eigenvalue weighted by atomic mass is 32.2. The molecule has 0 unspecified atom stereocenters. The highest BCUT2D eigenvalue weighted by Gasteiger charge is 2.22. The summed E-state index contributed by atoms with van der Waals surface area (Å²) in [6.45, 7) is 0.175. The summed E-state index contributed by atoms with van der Waals surface area (Å²) in [5.41, 5.74) is 2.41. The van der Waals surface area contributed by atoms with Crippen LogP contribution in [0.3, 0.4) is 0 Å². The Labute approximate surface area is 166 Å². The number of benzene rings is 2. The number of anilines is 1. The molecular formula is C21H21N3O3S. The van der Waals surface area contributed by atoms with E-state index in [1.165, 1.54) is 11.8 Å². The van der Waals surface area contributed by atoms with Crippen molar-refractivity contribution in [3.8, 4) is 0 Å². The molecule has 0 radical (unpaired) electrons. The lowest BCUT2D eigenvalue weighted by Crippen LogP contribution is -2.28. The molecule has 0 aliphatic heterocycles. The summed E-state index contributed by atoms with van der Waals surface area (Å²) in [6.07, 6.45) is 2.62. The standard InChI is InChI=1S/C21H21N3O3S/c25-12-11-24-18-10-4-8-16(18)20(23-21(24)27)28-13-19(26)22-17-9-3-6-14-5-1-2-7-15(14)17/h1-3,5-7,9,25H,4,8,10-13H2,(H,22,26). The normalized spacial score (nSPS) is 12.9. The van der Waals surface area contributed by atoms with Gasteiger partial charge >= 0.3 is 5.69 Å². The summed E-state index contributed by atoms with van der Waals surface area (Å²) in [6, 6.07) is 13.7. The van der Waals surface area contributed by atoms with Crippen LogP contribution >= 0.6 is 11.8 Å². The third-order valence-corrected chi connectivity index (χ3v) is 5.95. The van der Waals surface area contributed by atoms with Crippen LogP contribution in [0.4, 0.5) is 5.69 Å². The van der Waals surface area contributed by atoms with Crippen LogP contribution in [0.5, 0.6) is 0 Å². The maximum absolute atomic E-state index is 12.5. The Balaban J connectivity index is 1.50. The largest absolute Gasteiger partial charge is 0.395 e. The molecule has 2 aromatic carbocycles. The molecular weight excluding hydrogens is 374 g/mol. The van der Waals surface area contributed by atoms with E-state index in [4.69, 9.17) is 0 Å². The number of nitrogens with one attached hydrogen (secondary N) is 1. The van der Waals surface area contributed by atoms with E-state index in [2.05, 4.69) is 10.3 Å². The zero-order valence-corrected chi connectivity index (χ0v) is 16.2. The van der Waals surface area contributed by atoms with Gasteiger partial charge in [0.1, 0.15) is 5.03 Å². The minimum Gasteiger partial charge on any atom is -0.395 e. The van der Waals surface area contributed by atoms with Crippen molar-refractivity contribution in [3.05, 3.63) is 64.2 Å². The van der Waals surface area contributed by atoms with Crippen molar-refractivity contribution in [2.24, 2.45) is 0 Å². The van der Waals surface area contributed by atoms with E-state index >= 15 is 0 Å². The lowest BCUT2D eigenvalue weighted by Gasteiger charge is -2.13. The maximum atomic E-state index is 12.5. The van der Waals surface area contributed by atoms with E-state index in [0.717, 1.165) is 47.0 Å². The molecule has 7 heteroatoms. The Hall–Kier alpha value is -2.64. The van der Waals surface area contributed by atoms with E-state index in [9.17, 15) is 14.7 Å². The molecule has 0 saturated carbocycles. The molecule has 4 rings (SSSR count). The Bertz CT molecular complexity index is 1090. The van der Waals surface area contributed by atoms with Crippen LogP contribution in [0.15, 0.2) is 52.3 Å². The van der Waals surface area contributed by atoms with Gasteiger partial charge in [0.15, 0.2) is 0 Å². The number of aliphatic hydroxyl groups excluding tert-OH is 1. The van der Waals surface area contributed by atoms with E-state index < -0.39 is 0 Å². The molecule has 6 nitrogen and oxygen atoms in total. The number of aromatic nitrogens is 2. The van der Waals surface area contributed by atoms with Gasteiger partial charge in [0.2, 0.25) is 5.91 Å². The number of carbonyl (C=O) groups is 1. The second kappa shape index (κ2) is 8.16. The first-order valence-corrected chi connectivity index (χ1v) is 10.3. The highest BCUT2D eigenvalue weighted by Crippen LogP contribution is 2.29. The Morgan fingerprint density at radius 1 is 1.18 bits per heavy atom. The van der Waals surface area contributed by atoms with Gasteiger partial charge in [-0.25, -0.2) is 4.79 Å². The molecule has 1 aromatic heterocycles. The fraction of sp³-hybridized carbons (Fsp3) is 0.286. The Morgan fingerprint density at radius 2 is 2.00 bits per heavy atom. The zero-order chi connectivity index (χ0) is 19.5. The molecule has 0 atom stereocenters. The predicted molar refractivity (Wildman–Crippen MR) is 111 cm³/mol. The molecule has 1 aliphatic carbocycles. The van der Waals surface area contributed by atoms with Crippen molar-refractivity contribution in [3.63, 3.8) is 0 Å². The lowest BCUT2D eigenvalue weighted by atomic mass is 10.1. The van der Waals surface area contributed by atoms with Gasteiger partial charge in [-0.3, -0.25) is 9.36 Å². The number of rotatable bonds is 6. The van der Waals surface area contributed by atoms with Gasteiger partial charge in [0.05, 0.1) is 18.9 Å². The van der Waals surface area contributed by atoms with E-state index in [1.807, 2.05) is 42.5 Å². The number of hydrogen-bond acceptors (Lipinski definition) is 5. The third-order valence-electron chi connectivity index (χ3n) is 4.93. The van der Waals surface area contributed by atoms with Crippen molar-refractivity contribution in [2.45, 2.75) is 30.8 Å². The van der Waals surface area contributed by atoms with Gasteiger partial charge in [-0.2, -0.15) is 4.98 Å². The smallest absolute Gasteiger partial charge is 0.348 e. The number of thioether (sulfide) groups is 1. The summed E-state index contributed by atoms with van der Waals surface area (Å²) in [7, 11) is 0. The molecule has 0 bridgehead atoms. The van der Waals surface area contributed by atoms with Crippen molar-refractivity contribution in [2.75, 3.05) is 17.7 Å². The van der Waals surface area contributed by atoms with Crippen LogP contribution in [0.2, 0.25) is 0 Å². The quantitative estimate of drug-likeness (QED) is 0.495. The molecule has 3 aromatic rings. The minimum absolute atomic E-state index is 0.0893. The maximum Gasteiger partial charge on any atom is 0.348 e. The van der Waals surface area contributed by atoms with Crippen LogP contribution in [0.25, 0.3) is 10.8 Å². The van der Waals surface area contributed by atoms with Crippen molar-refractivity contribution in [1.82, 2.24) is 9.55 Å². The second-order valence-electron chi connectivity index (χ2n) is 6.72. The zero-order valence-electron chi connectivity index (χ0n) is 15.4. The fourth-order valence-corrected chi connectivity index (χ4v) is 4.57. The molecule has 1 amide bonds. The lowest BCUT2D eigenvalue weighted by molar-refractivity contribution is -0.113. The molecule has 0 spiro atoms. The molecule has 0 fully saturated rings. The van der Waals surface area contributed by atoms with Gasteiger partial charge in [-0.05, 0) is 30.7 Å². The fourth-order valence-electron chi connectivity index (χ4n) is 3.69. The number of amides is 1. The average Bonchev–Trinajstić information content (AvgIpc) is 3.19. The first kappa shape index (κ1) is 18.7. The SMILES string of the molecule is O=C(CSc1nc(=O)n(CCO)c2c1CCC2)Nc1cccc2ccccc12. The highest BCUT2D eigenvalue weighted by molar-refractivity contribution is 8.00. The third kappa shape index (κ3) is 3.68. The Kier molecular flexibility index (Phi) is 5.45. The summed E-state index contributed by atoms with van der Waals surface area (Å²) in [5, 5.41) is 14.9. The van der Waals surface area contributed by atoms with Gasteiger partial charge in [0, 0.05) is 22.3 Å². The van der Waals surface area contributed by atoms with Crippen LogP contribution < -0.4 is 11.0 Å². The molecule has 28 heavy (non-hydrogen) atoms. The topological polar surface area (TPSA) is 84.2 Å². The molecule has 0 saturated heterocycles. The van der Waals surface area contributed by atoms with Crippen LogP contribution in [-0.2, 0) is 24.2 Å².